The first-order chi connectivity index (χ1) is 12.3. The van der Waals surface area contributed by atoms with Gasteiger partial charge in [-0.25, -0.2) is 19.9 Å². The Labute approximate surface area is 145 Å². The Morgan fingerprint density at radius 3 is 2.80 bits per heavy atom. The standard InChI is InChI=1S/C17H20N8/c18-17-23-9-12(10-24-17)13-6-14-15(21-5-4-20-14)16(25-13)22-8-11-2-1-3-19-7-11/h4-6,9-11,19H,1-3,7-8H2,(H,22,25)(H2,18,23,24). The van der Waals surface area contributed by atoms with Crippen molar-refractivity contribution >= 4 is 22.8 Å². The second-order valence-electron chi connectivity index (χ2n) is 6.20. The van der Waals surface area contributed by atoms with Gasteiger partial charge in [0.1, 0.15) is 5.52 Å². The van der Waals surface area contributed by atoms with E-state index in [2.05, 4.69) is 30.6 Å². The molecule has 0 saturated carbocycles. The molecule has 1 atom stereocenters. The number of anilines is 2. The van der Waals surface area contributed by atoms with E-state index >= 15 is 0 Å². The molecule has 3 aromatic rings. The number of nitrogens with one attached hydrogen (secondary N) is 2. The van der Waals surface area contributed by atoms with Crippen molar-refractivity contribution in [2.75, 3.05) is 30.7 Å². The summed E-state index contributed by atoms with van der Waals surface area (Å²) in [7, 11) is 0. The molecule has 3 aromatic heterocycles. The van der Waals surface area contributed by atoms with Crippen LogP contribution in [0.25, 0.3) is 22.3 Å². The zero-order valence-electron chi connectivity index (χ0n) is 13.8. The highest BCUT2D eigenvalue weighted by Crippen LogP contribution is 2.25. The Hall–Kier alpha value is -2.87. The molecule has 1 aliphatic rings. The van der Waals surface area contributed by atoms with Crippen molar-refractivity contribution in [3.05, 3.63) is 30.9 Å². The largest absolute Gasteiger partial charge is 0.368 e. The molecule has 1 aliphatic heterocycles. The van der Waals surface area contributed by atoms with Crippen LogP contribution < -0.4 is 16.4 Å². The van der Waals surface area contributed by atoms with Crippen LogP contribution in [0.5, 0.6) is 0 Å². The van der Waals surface area contributed by atoms with Crippen molar-refractivity contribution in [2.45, 2.75) is 12.8 Å². The molecule has 1 fully saturated rings. The van der Waals surface area contributed by atoms with E-state index in [0.29, 0.717) is 5.92 Å². The number of nitrogens with two attached hydrogens (primary N) is 1. The van der Waals surface area contributed by atoms with Crippen LogP contribution in [0.15, 0.2) is 30.9 Å². The van der Waals surface area contributed by atoms with Crippen LogP contribution in [0, 0.1) is 5.92 Å². The minimum atomic E-state index is 0.243. The Morgan fingerprint density at radius 2 is 2.00 bits per heavy atom. The first kappa shape index (κ1) is 15.6. The van der Waals surface area contributed by atoms with E-state index in [-0.39, 0.29) is 5.95 Å². The maximum absolute atomic E-state index is 5.57. The van der Waals surface area contributed by atoms with Gasteiger partial charge in [-0.1, -0.05) is 0 Å². The van der Waals surface area contributed by atoms with E-state index in [0.717, 1.165) is 47.7 Å². The molecule has 0 radical (unpaired) electrons. The molecule has 25 heavy (non-hydrogen) atoms. The number of nitrogen functional groups attached to an aromatic ring is 1. The summed E-state index contributed by atoms with van der Waals surface area (Å²) >= 11 is 0. The summed E-state index contributed by atoms with van der Waals surface area (Å²) in [6, 6.07) is 1.89. The van der Waals surface area contributed by atoms with Gasteiger partial charge in [0.05, 0.1) is 11.2 Å². The molecule has 4 N–H and O–H groups in total. The van der Waals surface area contributed by atoms with Crippen molar-refractivity contribution in [2.24, 2.45) is 5.92 Å². The topological polar surface area (TPSA) is 115 Å². The minimum absolute atomic E-state index is 0.243. The summed E-state index contributed by atoms with van der Waals surface area (Å²) in [5.41, 5.74) is 8.67. The SMILES string of the molecule is Nc1ncc(-c2cc3nccnc3c(NCC3CCCNC3)n2)cn1. The van der Waals surface area contributed by atoms with Gasteiger partial charge < -0.3 is 16.4 Å². The fourth-order valence-electron chi connectivity index (χ4n) is 3.05. The smallest absolute Gasteiger partial charge is 0.219 e. The number of aromatic nitrogens is 5. The van der Waals surface area contributed by atoms with E-state index < -0.39 is 0 Å². The van der Waals surface area contributed by atoms with Crippen molar-refractivity contribution in [1.82, 2.24) is 30.2 Å². The highest BCUT2D eigenvalue weighted by Gasteiger charge is 2.15. The van der Waals surface area contributed by atoms with Crippen molar-refractivity contribution in [3.8, 4) is 11.3 Å². The summed E-state index contributed by atoms with van der Waals surface area (Å²) < 4.78 is 0. The molecule has 1 unspecified atom stereocenters. The number of nitrogens with zero attached hydrogens (tertiary/aromatic N) is 5. The highest BCUT2D eigenvalue weighted by molar-refractivity contribution is 5.88. The second-order valence-corrected chi connectivity index (χ2v) is 6.20. The van der Waals surface area contributed by atoms with Crippen LogP contribution in [0.4, 0.5) is 11.8 Å². The molecule has 0 amide bonds. The summed E-state index contributed by atoms with van der Waals surface area (Å²) in [4.78, 5) is 21.7. The fraction of sp³-hybridized carbons (Fsp3) is 0.353. The Bertz CT molecular complexity index is 858. The zero-order chi connectivity index (χ0) is 17.1. The predicted octanol–water partition coefficient (Wildman–Crippen LogP) is 1.48. The van der Waals surface area contributed by atoms with Gasteiger partial charge in [-0.3, -0.25) is 4.98 Å². The molecule has 1 saturated heterocycles. The lowest BCUT2D eigenvalue weighted by Crippen LogP contribution is -2.33. The van der Waals surface area contributed by atoms with Crippen LogP contribution in [-0.2, 0) is 0 Å². The maximum atomic E-state index is 5.57. The quantitative estimate of drug-likeness (QED) is 0.656. The maximum Gasteiger partial charge on any atom is 0.219 e. The van der Waals surface area contributed by atoms with Crippen molar-refractivity contribution in [1.29, 1.82) is 0 Å². The molecular formula is C17H20N8. The lowest BCUT2D eigenvalue weighted by Gasteiger charge is -2.23. The first-order valence-corrected chi connectivity index (χ1v) is 8.44. The minimum Gasteiger partial charge on any atom is -0.368 e. The molecule has 0 aromatic carbocycles. The van der Waals surface area contributed by atoms with Gasteiger partial charge in [-0.05, 0) is 37.9 Å². The number of hydrogen-bond donors (Lipinski definition) is 3. The Morgan fingerprint density at radius 1 is 1.16 bits per heavy atom. The third-order valence-electron chi connectivity index (χ3n) is 4.38. The number of hydrogen-bond acceptors (Lipinski definition) is 8. The molecule has 128 valence electrons. The molecule has 8 nitrogen and oxygen atoms in total. The third-order valence-corrected chi connectivity index (χ3v) is 4.38. The molecular weight excluding hydrogens is 316 g/mol. The third kappa shape index (κ3) is 3.48. The normalized spacial score (nSPS) is 17.5. The van der Waals surface area contributed by atoms with E-state index in [1.165, 1.54) is 12.8 Å². The number of fused-ring (bicyclic) bond motifs is 1. The van der Waals surface area contributed by atoms with Crippen LogP contribution in [0.3, 0.4) is 0 Å². The van der Waals surface area contributed by atoms with Crippen molar-refractivity contribution < 1.29 is 0 Å². The summed E-state index contributed by atoms with van der Waals surface area (Å²) in [6.07, 6.45) is 9.13. The average molecular weight is 336 g/mol. The first-order valence-electron chi connectivity index (χ1n) is 8.44. The van der Waals surface area contributed by atoms with E-state index in [1.807, 2.05) is 6.07 Å². The lowest BCUT2D eigenvalue weighted by atomic mass is 10.00. The Kier molecular flexibility index (Phi) is 4.34. The van der Waals surface area contributed by atoms with Gasteiger partial charge >= 0.3 is 0 Å². The molecule has 4 rings (SSSR count). The van der Waals surface area contributed by atoms with Gasteiger partial charge in [0.2, 0.25) is 5.95 Å². The van der Waals surface area contributed by atoms with Crippen molar-refractivity contribution in [3.63, 3.8) is 0 Å². The van der Waals surface area contributed by atoms with Crippen LogP contribution in [0.2, 0.25) is 0 Å². The van der Waals surface area contributed by atoms with Gasteiger partial charge in [0.15, 0.2) is 5.82 Å². The molecule has 0 spiro atoms. The van der Waals surface area contributed by atoms with E-state index in [9.17, 15) is 0 Å². The fourth-order valence-corrected chi connectivity index (χ4v) is 3.05. The van der Waals surface area contributed by atoms with Gasteiger partial charge in [-0.15, -0.1) is 0 Å². The van der Waals surface area contributed by atoms with E-state index in [4.69, 9.17) is 10.7 Å². The van der Waals surface area contributed by atoms with Crippen LogP contribution in [-0.4, -0.2) is 44.6 Å². The molecule has 0 bridgehead atoms. The molecule has 0 aliphatic carbocycles. The van der Waals surface area contributed by atoms with Crippen LogP contribution in [0.1, 0.15) is 12.8 Å². The summed E-state index contributed by atoms with van der Waals surface area (Å²) in [5.74, 6) is 1.57. The van der Waals surface area contributed by atoms with Crippen LogP contribution >= 0.6 is 0 Å². The number of pyridine rings is 1. The van der Waals surface area contributed by atoms with E-state index in [1.54, 1.807) is 24.8 Å². The number of piperidine rings is 1. The second kappa shape index (κ2) is 6.94. The monoisotopic (exact) mass is 336 g/mol. The predicted molar refractivity (Wildman–Crippen MR) is 96.9 cm³/mol. The Balaban J connectivity index is 1.67. The molecule has 4 heterocycles. The average Bonchev–Trinajstić information content (AvgIpc) is 2.67. The molecule has 8 heteroatoms. The van der Waals surface area contributed by atoms with Gasteiger partial charge in [-0.2, -0.15) is 0 Å². The highest BCUT2D eigenvalue weighted by atomic mass is 15.0. The van der Waals surface area contributed by atoms with Gasteiger partial charge in [0.25, 0.3) is 0 Å². The van der Waals surface area contributed by atoms with Gasteiger partial charge in [0, 0.05) is 36.9 Å². The zero-order valence-corrected chi connectivity index (χ0v) is 13.8. The summed E-state index contributed by atoms with van der Waals surface area (Å²) in [6.45, 7) is 2.99. The summed E-state index contributed by atoms with van der Waals surface area (Å²) in [5, 5.41) is 6.89. The number of rotatable bonds is 4. The lowest BCUT2D eigenvalue weighted by molar-refractivity contribution is 0.392.